The Bertz CT molecular complexity index is 420. The van der Waals surface area contributed by atoms with Crippen LogP contribution >= 0.6 is 0 Å². The van der Waals surface area contributed by atoms with Crippen molar-refractivity contribution in [3.63, 3.8) is 0 Å². The van der Waals surface area contributed by atoms with Crippen LogP contribution in [0.3, 0.4) is 0 Å². The molecule has 0 radical (unpaired) electrons. The molecule has 1 aromatic carbocycles. The molecule has 0 bridgehead atoms. The van der Waals surface area contributed by atoms with E-state index in [1.807, 2.05) is 0 Å². The highest BCUT2D eigenvalue weighted by molar-refractivity contribution is 5.81. The zero-order valence-electron chi connectivity index (χ0n) is 7.12. The number of aliphatic imine (C=N–C) groups is 1. The molecule has 70 valence electrons. The maximum Gasteiger partial charge on any atom is 0.288 e. The lowest BCUT2D eigenvalue weighted by molar-refractivity contribution is 0.475. The normalized spacial score (nSPS) is 10.9. The quantitative estimate of drug-likeness (QED) is 0.679. The lowest BCUT2D eigenvalue weighted by Gasteiger charge is -1.91. The van der Waals surface area contributed by atoms with Crippen molar-refractivity contribution in [2.24, 2.45) is 4.99 Å². The van der Waals surface area contributed by atoms with Crippen molar-refractivity contribution in [2.75, 3.05) is 0 Å². The van der Waals surface area contributed by atoms with Crippen LogP contribution in [-0.2, 0) is 0 Å². The summed E-state index contributed by atoms with van der Waals surface area (Å²) in [5.74, 6) is 0.500. The van der Waals surface area contributed by atoms with Gasteiger partial charge in [-0.15, -0.1) is 5.10 Å². The first-order valence-corrected chi connectivity index (χ1v) is 3.91. The van der Waals surface area contributed by atoms with Gasteiger partial charge in [0, 0.05) is 6.21 Å². The van der Waals surface area contributed by atoms with Gasteiger partial charge >= 0.3 is 0 Å². The third kappa shape index (κ3) is 1.92. The Morgan fingerprint density at radius 1 is 1.29 bits per heavy atom. The fourth-order valence-corrected chi connectivity index (χ4v) is 0.904. The number of phenols is 1. The Hall–Kier alpha value is -2.24. The molecule has 6 nitrogen and oxygen atoms in total. The van der Waals surface area contributed by atoms with Gasteiger partial charge in [0.1, 0.15) is 5.75 Å². The second kappa shape index (κ2) is 3.65. The molecule has 0 atom stereocenters. The molecule has 0 saturated carbocycles. The van der Waals surface area contributed by atoms with E-state index in [-0.39, 0.29) is 11.7 Å². The molecule has 2 N–H and O–H groups in total. The van der Waals surface area contributed by atoms with E-state index in [1.165, 1.54) is 0 Å². The number of phenolic OH excluding ortho intramolecular Hbond substituents is 1. The Morgan fingerprint density at radius 3 is 2.71 bits per heavy atom. The minimum atomic E-state index is 0.224. The second-order valence-corrected chi connectivity index (χ2v) is 2.56. The van der Waals surface area contributed by atoms with Crippen LogP contribution in [0.5, 0.6) is 5.75 Å². The number of H-pyrrole nitrogens is 1. The van der Waals surface area contributed by atoms with Crippen molar-refractivity contribution in [2.45, 2.75) is 0 Å². The predicted octanol–water partition coefficient (Wildman–Crippen LogP) is 0.656. The summed E-state index contributed by atoms with van der Waals surface area (Å²) in [5, 5.41) is 22.0. The van der Waals surface area contributed by atoms with Crippen LogP contribution < -0.4 is 0 Å². The van der Waals surface area contributed by atoms with Crippen LogP contribution in [-0.4, -0.2) is 31.9 Å². The zero-order valence-corrected chi connectivity index (χ0v) is 7.12. The molecule has 2 aromatic rings. The molecule has 14 heavy (non-hydrogen) atoms. The monoisotopic (exact) mass is 189 g/mol. The highest BCUT2D eigenvalue weighted by Crippen LogP contribution is 2.08. The molecule has 1 heterocycles. The Kier molecular flexibility index (Phi) is 2.18. The number of hydrogen-bond acceptors (Lipinski definition) is 5. The van der Waals surface area contributed by atoms with Crippen LogP contribution in [0.1, 0.15) is 5.56 Å². The summed E-state index contributed by atoms with van der Waals surface area (Å²) in [5.41, 5.74) is 0.854. The van der Waals surface area contributed by atoms with Crippen molar-refractivity contribution < 1.29 is 5.11 Å². The van der Waals surface area contributed by atoms with Crippen LogP contribution in [0, 0.1) is 0 Å². The standard InChI is InChI=1S/C8H7N5O/c14-7-3-1-6(2-4-7)5-9-8-10-12-13-11-8/h1-5,14H,(H,10,11,12,13)/b9-5+. The van der Waals surface area contributed by atoms with Gasteiger partial charge in [0.25, 0.3) is 5.95 Å². The Morgan fingerprint density at radius 2 is 2.07 bits per heavy atom. The van der Waals surface area contributed by atoms with Crippen LogP contribution in [0.15, 0.2) is 29.3 Å². The SMILES string of the molecule is Oc1ccc(/C=N/c2nn[nH]n2)cc1. The molecule has 0 aliphatic rings. The first kappa shape index (κ1) is 8.36. The minimum absolute atomic E-state index is 0.224. The Labute approximate surface area is 79.3 Å². The first-order chi connectivity index (χ1) is 6.84. The van der Waals surface area contributed by atoms with Crippen molar-refractivity contribution in [3.05, 3.63) is 29.8 Å². The van der Waals surface area contributed by atoms with E-state index in [4.69, 9.17) is 5.11 Å². The van der Waals surface area contributed by atoms with Gasteiger partial charge in [0.15, 0.2) is 0 Å². The van der Waals surface area contributed by atoms with Crippen molar-refractivity contribution >= 4 is 12.2 Å². The molecule has 0 unspecified atom stereocenters. The van der Waals surface area contributed by atoms with Crippen molar-refractivity contribution in [1.29, 1.82) is 0 Å². The summed E-state index contributed by atoms with van der Waals surface area (Å²) in [6, 6.07) is 6.63. The average molecular weight is 189 g/mol. The van der Waals surface area contributed by atoms with E-state index in [0.717, 1.165) is 5.56 Å². The van der Waals surface area contributed by atoms with Gasteiger partial charge in [-0.05, 0) is 35.0 Å². The highest BCUT2D eigenvalue weighted by atomic mass is 16.3. The average Bonchev–Trinajstić information content (AvgIpc) is 2.70. The molecule has 6 heteroatoms. The van der Waals surface area contributed by atoms with Gasteiger partial charge in [0.05, 0.1) is 0 Å². The van der Waals surface area contributed by atoms with E-state index in [1.54, 1.807) is 30.5 Å². The van der Waals surface area contributed by atoms with Crippen LogP contribution in [0.25, 0.3) is 0 Å². The third-order valence-corrected chi connectivity index (χ3v) is 1.56. The van der Waals surface area contributed by atoms with Crippen LogP contribution in [0.2, 0.25) is 0 Å². The number of hydrogen-bond donors (Lipinski definition) is 2. The third-order valence-electron chi connectivity index (χ3n) is 1.56. The molecule has 0 aliphatic heterocycles. The maximum absolute atomic E-state index is 9.02. The van der Waals surface area contributed by atoms with E-state index < -0.39 is 0 Å². The number of rotatable bonds is 2. The summed E-state index contributed by atoms with van der Waals surface area (Å²) in [6.07, 6.45) is 1.59. The summed E-state index contributed by atoms with van der Waals surface area (Å²) in [7, 11) is 0. The smallest absolute Gasteiger partial charge is 0.288 e. The van der Waals surface area contributed by atoms with E-state index in [0.29, 0.717) is 0 Å². The summed E-state index contributed by atoms with van der Waals surface area (Å²) in [6.45, 7) is 0. The molecule has 0 fully saturated rings. The molecule has 1 aromatic heterocycles. The van der Waals surface area contributed by atoms with E-state index in [2.05, 4.69) is 25.6 Å². The van der Waals surface area contributed by atoms with Gasteiger partial charge in [-0.1, -0.05) is 5.10 Å². The highest BCUT2D eigenvalue weighted by Gasteiger charge is 1.92. The van der Waals surface area contributed by atoms with Gasteiger partial charge in [-0.3, -0.25) is 0 Å². The van der Waals surface area contributed by atoms with Gasteiger partial charge in [0.2, 0.25) is 0 Å². The van der Waals surface area contributed by atoms with Crippen molar-refractivity contribution in [1.82, 2.24) is 20.6 Å². The van der Waals surface area contributed by atoms with E-state index >= 15 is 0 Å². The number of nitrogens with zero attached hydrogens (tertiary/aromatic N) is 4. The maximum atomic E-state index is 9.02. The van der Waals surface area contributed by atoms with Gasteiger partial charge in [-0.25, -0.2) is 4.99 Å². The molecule has 2 rings (SSSR count). The lowest BCUT2D eigenvalue weighted by Crippen LogP contribution is -1.79. The number of aromatic amines is 1. The molecule has 0 aliphatic carbocycles. The molecule has 0 amide bonds. The summed E-state index contributed by atoms with van der Waals surface area (Å²) >= 11 is 0. The lowest BCUT2D eigenvalue weighted by atomic mass is 10.2. The van der Waals surface area contributed by atoms with E-state index in [9.17, 15) is 0 Å². The number of aromatic nitrogens is 4. The predicted molar refractivity (Wildman–Crippen MR) is 49.5 cm³/mol. The first-order valence-electron chi connectivity index (χ1n) is 3.91. The zero-order chi connectivity index (χ0) is 9.80. The number of benzene rings is 1. The molecular formula is C8H7N5O. The molecular weight excluding hydrogens is 182 g/mol. The van der Waals surface area contributed by atoms with Crippen molar-refractivity contribution in [3.8, 4) is 5.75 Å². The van der Waals surface area contributed by atoms with Crippen LogP contribution in [0.4, 0.5) is 5.95 Å². The fraction of sp³-hybridized carbons (Fsp3) is 0. The summed E-state index contributed by atoms with van der Waals surface area (Å²) in [4.78, 5) is 3.94. The minimum Gasteiger partial charge on any atom is -0.508 e. The Balaban J connectivity index is 2.15. The van der Waals surface area contributed by atoms with Gasteiger partial charge in [-0.2, -0.15) is 5.21 Å². The topological polar surface area (TPSA) is 87.0 Å². The van der Waals surface area contributed by atoms with Gasteiger partial charge < -0.3 is 5.11 Å². The number of tetrazole rings is 1. The largest absolute Gasteiger partial charge is 0.508 e. The molecule has 0 spiro atoms. The second-order valence-electron chi connectivity index (χ2n) is 2.56. The number of aromatic hydroxyl groups is 1. The number of nitrogens with one attached hydrogen (secondary N) is 1. The summed E-state index contributed by atoms with van der Waals surface area (Å²) < 4.78 is 0. The molecule has 0 saturated heterocycles. The fourth-order valence-electron chi connectivity index (χ4n) is 0.904.